The molecule has 2 amide bonds. The van der Waals surface area contributed by atoms with Gasteiger partial charge in [0.25, 0.3) is 0 Å². The summed E-state index contributed by atoms with van der Waals surface area (Å²) in [5, 5.41) is 14.8. The predicted molar refractivity (Wildman–Crippen MR) is 65.3 cm³/mol. The Hall–Kier alpha value is -0.420. The van der Waals surface area contributed by atoms with Crippen LogP contribution in [-0.2, 0) is 0 Å². The second-order valence-electron chi connectivity index (χ2n) is 3.65. The van der Waals surface area contributed by atoms with Crippen LogP contribution < -0.4 is 10.6 Å². The minimum atomic E-state index is -0.434. The normalized spacial score (nSPS) is 14.4. The number of nitrogens with one attached hydrogen (secondary N) is 2. The number of amides is 2. The van der Waals surface area contributed by atoms with E-state index >= 15 is 0 Å². The van der Waals surface area contributed by atoms with Crippen LogP contribution >= 0.6 is 11.8 Å². The van der Waals surface area contributed by atoms with Crippen LogP contribution in [0.1, 0.15) is 26.7 Å². The van der Waals surface area contributed by atoms with E-state index in [0.717, 1.165) is 18.6 Å². The average molecular weight is 234 g/mol. The lowest BCUT2D eigenvalue weighted by Gasteiger charge is -2.15. The Morgan fingerprint density at radius 2 is 2.20 bits per heavy atom. The van der Waals surface area contributed by atoms with Gasteiger partial charge in [-0.05, 0) is 19.6 Å². The lowest BCUT2D eigenvalue weighted by molar-refractivity contribution is 0.160. The van der Waals surface area contributed by atoms with Gasteiger partial charge in [-0.3, -0.25) is 0 Å². The van der Waals surface area contributed by atoms with Crippen molar-refractivity contribution in [3.05, 3.63) is 0 Å². The highest BCUT2D eigenvalue weighted by Crippen LogP contribution is 1.96. The lowest BCUT2D eigenvalue weighted by Crippen LogP contribution is -2.44. The molecule has 0 saturated carbocycles. The SMILES string of the molecule is CCCC(O)CNC(=O)NC(C)CSC. The van der Waals surface area contributed by atoms with Crippen LogP contribution in [0.2, 0.25) is 0 Å². The van der Waals surface area contributed by atoms with Crippen LogP contribution in [0.15, 0.2) is 0 Å². The number of thioether (sulfide) groups is 1. The topological polar surface area (TPSA) is 61.4 Å². The molecule has 90 valence electrons. The fourth-order valence-electron chi connectivity index (χ4n) is 1.21. The van der Waals surface area contributed by atoms with E-state index in [1.807, 2.05) is 20.1 Å². The molecule has 4 nitrogen and oxygen atoms in total. The summed E-state index contributed by atoms with van der Waals surface area (Å²) < 4.78 is 0. The molecule has 0 heterocycles. The fraction of sp³-hybridized carbons (Fsp3) is 0.900. The van der Waals surface area contributed by atoms with Gasteiger partial charge in [-0.25, -0.2) is 4.79 Å². The second kappa shape index (κ2) is 8.85. The van der Waals surface area contributed by atoms with Crippen LogP contribution in [-0.4, -0.2) is 41.8 Å². The third-order valence-electron chi connectivity index (χ3n) is 1.91. The maximum Gasteiger partial charge on any atom is 0.315 e. The molecule has 0 aliphatic carbocycles. The third-order valence-corrected chi connectivity index (χ3v) is 2.75. The van der Waals surface area contributed by atoms with Crippen LogP contribution in [0.4, 0.5) is 4.79 Å². The molecule has 0 saturated heterocycles. The van der Waals surface area contributed by atoms with Crippen molar-refractivity contribution >= 4 is 17.8 Å². The van der Waals surface area contributed by atoms with Gasteiger partial charge in [-0.1, -0.05) is 13.3 Å². The zero-order valence-corrected chi connectivity index (χ0v) is 10.6. The Balaban J connectivity index is 3.56. The molecule has 0 fully saturated rings. The molecule has 0 bridgehead atoms. The van der Waals surface area contributed by atoms with Gasteiger partial charge in [0.05, 0.1) is 6.10 Å². The van der Waals surface area contributed by atoms with E-state index in [9.17, 15) is 9.90 Å². The summed E-state index contributed by atoms with van der Waals surface area (Å²) in [5.74, 6) is 0.894. The Morgan fingerprint density at radius 3 is 2.73 bits per heavy atom. The van der Waals surface area contributed by atoms with Crippen LogP contribution in [0.3, 0.4) is 0 Å². The van der Waals surface area contributed by atoms with E-state index in [4.69, 9.17) is 0 Å². The first-order valence-corrected chi connectivity index (χ1v) is 6.70. The second-order valence-corrected chi connectivity index (χ2v) is 4.56. The molecule has 0 aromatic heterocycles. The minimum absolute atomic E-state index is 0.156. The first-order chi connectivity index (χ1) is 7.10. The van der Waals surface area contributed by atoms with Crippen molar-refractivity contribution in [3.8, 4) is 0 Å². The summed E-state index contributed by atoms with van der Waals surface area (Å²) in [6, 6.07) is -0.0463. The molecular formula is C10H22N2O2S. The molecule has 5 heteroatoms. The van der Waals surface area contributed by atoms with Gasteiger partial charge >= 0.3 is 6.03 Å². The Morgan fingerprint density at radius 1 is 1.53 bits per heavy atom. The highest BCUT2D eigenvalue weighted by atomic mass is 32.2. The highest BCUT2D eigenvalue weighted by molar-refractivity contribution is 7.98. The van der Waals surface area contributed by atoms with Gasteiger partial charge in [-0.15, -0.1) is 0 Å². The van der Waals surface area contributed by atoms with Crippen molar-refractivity contribution in [1.29, 1.82) is 0 Å². The first kappa shape index (κ1) is 14.6. The number of hydrogen-bond acceptors (Lipinski definition) is 3. The van der Waals surface area contributed by atoms with Gasteiger partial charge in [0, 0.05) is 18.3 Å². The maximum absolute atomic E-state index is 11.3. The minimum Gasteiger partial charge on any atom is -0.391 e. The van der Waals surface area contributed by atoms with Crippen LogP contribution in [0, 0.1) is 0 Å². The maximum atomic E-state index is 11.3. The van der Waals surface area contributed by atoms with E-state index in [1.54, 1.807) is 11.8 Å². The Kier molecular flexibility index (Phi) is 8.61. The molecule has 15 heavy (non-hydrogen) atoms. The number of urea groups is 1. The van der Waals surface area contributed by atoms with Crippen LogP contribution in [0.25, 0.3) is 0 Å². The van der Waals surface area contributed by atoms with Gasteiger partial charge < -0.3 is 15.7 Å². The third kappa shape index (κ3) is 8.57. The molecule has 0 aliphatic heterocycles. The quantitative estimate of drug-likeness (QED) is 0.620. The monoisotopic (exact) mass is 234 g/mol. The highest BCUT2D eigenvalue weighted by Gasteiger charge is 2.08. The average Bonchev–Trinajstić information content (AvgIpc) is 2.15. The molecule has 0 rings (SSSR count). The van der Waals surface area contributed by atoms with Crippen molar-refractivity contribution in [2.75, 3.05) is 18.6 Å². The molecule has 3 N–H and O–H groups in total. The van der Waals surface area contributed by atoms with Crippen molar-refractivity contribution < 1.29 is 9.90 Å². The Bertz CT molecular complexity index is 179. The number of aliphatic hydroxyl groups is 1. The number of carbonyl (C=O) groups is 1. The van der Waals surface area contributed by atoms with Gasteiger partial charge in [0.15, 0.2) is 0 Å². The van der Waals surface area contributed by atoms with Crippen molar-refractivity contribution in [2.24, 2.45) is 0 Å². The summed E-state index contributed by atoms with van der Waals surface area (Å²) >= 11 is 1.69. The summed E-state index contributed by atoms with van der Waals surface area (Å²) in [6.45, 7) is 4.29. The smallest absolute Gasteiger partial charge is 0.315 e. The van der Waals surface area contributed by atoms with Gasteiger partial charge in [0.2, 0.25) is 0 Å². The molecule has 0 aliphatic rings. The lowest BCUT2D eigenvalue weighted by atomic mass is 10.2. The largest absolute Gasteiger partial charge is 0.391 e. The van der Waals surface area contributed by atoms with Crippen molar-refractivity contribution in [1.82, 2.24) is 10.6 Å². The molecule has 0 spiro atoms. The van der Waals surface area contributed by atoms with E-state index in [0.29, 0.717) is 6.54 Å². The summed E-state index contributed by atoms with van der Waals surface area (Å²) in [6.07, 6.45) is 3.21. The number of carbonyl (C=O) groups excluding carboxylic acids is 1. The van der Waals surface area contributed by atoms with E-state index in [2.05, 4.69) is 10.6 Å². The van der Waals surface area contributed by atoms with Crippen molar-refractivity contribution in [3.63, 3.8) is 0 Å². The van der Waals surface area contributed by atoms with E-state index in [-0.39, 0.29) is 12.1 Å². The summed E-state index contributed by atoms with van der Waals surface area (Å²) in [7, 11) is 0. The molecule has 0 aromatic carbocycles. The summed E-state index contributed by atoms with van der Waals surface area (Å²) in [4.78, 5) is 11.3. The molecular weight excluding hydrogens is 212 g/mol. The molecule has 0 radical (unpaired) electrons. The zero-order valence-electron chi connectivity index (χ0n) is 9.75. The van der Waals surface area contributed by atoms with Crippen molar-refractivity contribution in [2.45, 2.75) is 38.8 Å². The van der Waals surface area contributed by atoms with E-state index < -0.39 is 6.10 Å². The predicted octanol–water partition coefficient (Wildman–Crippen LogP) is 1.20. The van der Waals surface area contributed by atoms with E-state index in [1.165, 1.54) is 0 Å². The zero-order chi connectivity index (χ0) is 11.7. The van der Waals surface area contributed by atoms with Crippen LogP contribution in [0.5, 0.6) is 0 Å². The van der Waals surface area contributed by atoms with Gasteiger partial charge in [-0.2, -0.15) is 11.8 Å². The first-order valence-electron chi connectivity index (χ1n) is 5.31. The van der Waals surface area contributed by atoms with Gasteiger partial charge in [0.1, 0.15) is 0 Å². The Labute approximate surface area is 96.2 Å². The standard InChI is InChI=1S/C10H22N2O2S/c1-4-5-9(13)6-11-10(14)12-8(2)7-15-3/h8-9,13H,4-7H2,1-3H3,(H2,11,12,14). The number of aliphatic hydroxyl groups excluding tert-OH is 1. The molecule has 2 atom stereocenters. The number of hydrogen-bond donors (Lipinski definition) is 3. The summed E-state index contributed by atoms with van der Waals surface area (Å²) in [5.41, 5.74) is 0. The number of rotatable bonds is 7. The molecule has 2 unspecified atom stereocenters. The fourth-order valence-corrected chi connectivity index (χ4v) is 1.80. The molecule has 0 aromatic rings.